The quantitative estimate of drug-likeness (QED) is 0.794. The van der Waals surface area contributed by atoms with Crippen molar-refractivity contribution in [2.45, 2.75) is 26.2 Å². The minimum absolute atomic E-state index is 0.152. The standard InChI is InChI=1S/C13H17N3/c1-13(2,3)9-5-6-10-11(7-9)15-8-16-12(10)14-4/h5-8H,1-4H3,(H,14,15,16). The molecule has 0 radical (unpaired) electrons. The summed E-state index contributed by atoms with van der Waals surface area (Å²) in [7, 11) is 1.87. The average Bonchev–Trinajstić information content (AvgIpc) is 2.26. The monoisotopic (exact) mass is 215 g/mol. The lowest BCUT2D eigenvalue weighted by Crippen LogP contribution is -2.10. The fourth-order valence-corrected chi connectivity index (χ4v) is 1.72. The molecule has 2 rings (SSSR count). The van der Waals surface area contributed by atoms with Crippen molar-refractivity contribution in [1.29, 1.82) is 0 Å². The maximum atomic E-state index is 4.31. The molecule has 0 aliphatic rings. The van der Waals surface area contributed by atoms with E-state index in [4.69, 9.17) is 0 Å². The van der Waals surface area contributed by atoms with Gasteiger partial charge in [0.15, 0.2) is 0 Å². The Morgan fingerprint density at radius 2 is 1.88 bits per heavy atom. The Labute approximate surface area is 95.9 Å². The fraction of sp³-hybridized carbons (Fsp3) is 0.385. The molecule has 0 aliphatic heterocycles. The van der Waals surface area contributed by atoms with Gasteiger partial charge in [0.2, 0.25) is 0 Å². The molecule has 0 amide bonds. The smallest absolute Gasteiger partial charge is 0.137 e. The van der Waals surface area contributed by atoms with Gasteiger partial charge in [-0.25, -0.2) is 9.97 Å². The number of nitrogens with one attached hydrogen (secondary N) is 1. The van der Waals surface area contributed by atoms with Crippen molar-refractivity contribution in [3.05, 3.63) is 30.1 Å². The van der Waals surface area contributed by atoms with Crippen LogP contribution in [-0.4, -0.2) is 17.0 Å². The van der Waals surface area contributed by atoms with Gasteiger partial charge in [0.1, 0.15) is 12.1 Å². The number of benzene rings is 1. The van der Waals surface area contributed by atoms with Crippen molar-refractivity contribution < 1.29 is 0 Å². The van der Waals surface area contributed by atoms with E-state index in [2.05, 4.69) is 54.3 Å². The third kappa shape index (κ3) is 1.85. The van der Waals surface area contributed by atoms with Crippen molar-refractivity contribution in [2.75, 3.05) is 12.4 Å². The summed E-state index contributed by atoms with van der Waals surface area (Å²) in [6.07, 6.45) is 1.60. The fourth-order valence-electron chi connectivity index (χ4n) is 1.72. The third-order valence-electron chi connectivity index (χ3n) is 2.74. The molecule has 0 saturated heterocycles. The van der Waals surface area contributed by atoms with Gasteiger partial charge >= 0.3 is 0 Å². The van der Waals surface area contributed by atoms with Gasteiger partial charge < -0.3 is 5.32 Å². The molecule has 16 heavy (non-hydrogen) atoms. The van der Waals surface area contributed by atoms with Crippen LogP contribution >= 0.6 is 0 Å². The molecule has 1 aromatic carbocycles. The van der Waals surface area contributed by atoms with Gasteiger partial charge in [0.05, 0.1) is 5.52 Å². The first-order valence-electron chi connectivity index (χ1n) is 5.45. The van der Waals surface area contributed by atoms with Gasteiger partial charge in [0, 0.05) is 12.4 Å². The predicted molar refractivity (Wildman–Crippen MR) is 67.8 cm³/mol. The maximum Gasteiger partial charge on any atom is 0.137 e. The van der Waals surface area contributed by atoms with E-state index >= 15 is 0 Å². The summed E-state index contributed by atoms with van der Waals surface area (Å²) in [5.74, 6) is 0.880. The molecule has 0 aliphatic carbocycles. The highest BCUT2D eigenvalue weighted by atomic mass is 15.0. The van der Waals surface area contributed by atoms with Crippen LogP contribution < -0.4 is 5.32 Å². The number of anilines is 1. The van der Waals surface area contributed by atoms with E-state index in [-0.39, 0.29) is 5.41 Å². The molecule has 0 saturated carbocycles. The highest BCUT2D eigenvalue weighted by Gasteiger charge is 2.14. The molecular weight excluding hydrogens is 198 g/mol. The van der Waals surface area contributed by atoms with Gasteiger partial charge in [-0.2, -0.15) is 0 Å². The van der Waals surface area contributed by atoms with Crippen LogP contribution in [0.3, 0.4) is 0 Å². The normalized spacial score (nSPS) is 11.8. The minimum Gasteiger partial charge on any atom is -0.373 e. The van der Waals surface area contributed by atoms with Crippen LogP contribution in [0.2, 0.25) is 0 Å². The summed E-state index contributed by atoms with van der Waals surface area (Å²) in [6, 6.07) is 6.37. The lowest BCUT2D eigenvalue weighted by Gasteiger charge is -2.19. The first-order chi connectivity index (χ1) is 7.52. The van der Waals surface area contributed by atoms with Crippen molar-refractivity contribution in [2.24, 2.45) is 0 Å². The Bertz CT molecular complexity index is 512. The molecule has 3 heteroatoms. The van der Waals surface area contributed by atoms with E-state index in [1.54, 1.807) is 6.33 Å². The summed E-state index contributed by atoms with van der Waals surface area (Å²) in [6.45, 7) is 6.61. The van der Waals surface area contributed by atoms with E-state index < -0.39 is 0 Å². The van der Waals surface area contributed by atoms with Crippen LogP contribution in [0.1, 0.15) is 26.3 Å². The van der Waals surface area contributed by atoms with Crippen molar-refractivity contribution in [1.82, 2.24) is 9.97 Å². The van der Waals surface area contributed by atoms with Gasteiger partial charge in [-0.15, -0.1) is 0 Å². The van der Waals surface area contributed by atoms with E-state index in [1.165, 1.54) is 5.56 Å². The van der Waals surface area contributed by atoms with Crippen molar-refractivity contribution in [3.63, 3.8) is 0 Å². The summed E-state index contributed by atoms with van der Waals surface area (Å²) in [5, 5.41) is 4.14. The number of aromatic nitrogens is 2. The summed E-state index contributed by atoms with van der Waals surface area (Å²) < 4.78 is 0. The second-order valence-corrected chi connectivity index (χ2v) is 4.95. The Morgan fingerprint density at radius 3 is 2.50 bits per heavy atom. The van der Waals surface area contributed by atoms with Crippen LogP contribution in [0, 0.1) is 0 Å². The molecule has 1 aromatic heterocycles. The summed E-state index contributed by atoms with van der Waals surface area (Å²) in [5.41, 5.74) is 2.44. The molecule has 2 aromatic rings. The van der Waals surface area contributed by atoms with Crippen LogP contribution in [0.5, 0.6) is 0 Å². The van der Waals surface area contributed by atoms with Crippen molar-refractivity contribution >= 4 is 16.7 Å². The van der Waals surface area contributed by atoms with E-state index in [9.17, 15) is 0 Å². The van der Waals surface area contributed by atoms with E-state index in [1.807, 2.05) is 7.05 Å². The molecule has 0 fully saturated rings. The lowest BCUT2D eigenvalue weighted by atomic mass is 9.86. The van der Waals surface area contributed by atoms with Crippen molar-refractivity contribution in [3.8, 4) is 0 Å². The van der Waals surface area contributed by atoms with Gasteiger partial charge in [0.25, 0.3) is 0 Å². The second-order valence-electron chi connectivity index (χ2n) is 4.95. The van der Waals surface area contributed by atoms with Crippen LogP contribution in [0.4, 0.5) is 5.82 Å². The number of fused-ring (bicyclic) bond motifs is 1. The third-order valence-corrected chi connectivity index (χ3v) is 2.74. The van der Waals surface area contributed by atoms with E-state index in [0.29, 0.717) is 0 Å². The first kappa shape index (κ1) is 10.9. The molecule has 0 bridgehead atoms. The molecular formula is C13H17N3. The molecule has 1 N–H and O–H groups in total. The summed E-state index contributed by atoms with van der Waals surface area (Å²) in [4.78, 5) is 8.51. The molecule has 84 valence electrons. The molecule has 0 atom stereocenters. The predicted octanol–water partition coefficient (Wildman–Crippen LogP) is 2.97. The highest BCUT2D eigenvalue weighted by Crippen LogP contribution is 2.27. The zero-order valence-corrected chi connectivity index (χ0v) is 10.2. The SMILES string of the molecule is CNc1ncnc2cc(C(C)(C)C)ccc12. The zero-order chi connectivity index (χ0) is 11.8. The Morgan fingerprint density at radius 1 is 1.12 bits per heavy atom. The van der Waals surface area contributed by atoms with Gasteiger partial charge in [-0.3, -0.25) is 0 Å². The number of hydrogen-bond acceptors (Lipinski definition) is 3. The molecule has 0 unspecified atom stereocenters. The average molecular weight is 215 g/mol. The second kappa shape index (κ2) is 3.74. The molecule has 3 nitrogen and oxygen atoms in total. The Hall–Kier alpha value is -1.64. The minimum atomic E-state index is 0.152. The number of nitrogens with zero attached hydrogens (tertiary/aromatic N) is 2. The number of rotatable bonds is 1. The largest absolute Gasteiger partial charge is 0.373 e. The van der Waals surface area contributed by atoms with Crippen LogP contribution in [0.25, 0.3) is 10.9 Å². The highest BCUT2D eigenvalue weighted by molar-refractivity contribution is 5.89. The maximum absolute atomic E-state index is 4.31. The molecule has 1 heterocycles. The van der Waals surface area contributed by atoms with E-state index in [0.717, 1.165) is 16.7 Å². The Balaban J connectivity index is 2.64. The number of hydrogen-bond donors (Lipinski definition) is 1. The zero-order valence-electron chi connectivity index (χ0n) is 10.2. The summed E-state index contributed by atoms with van der Waals surface area (Å²) >= 11 is 0. The Kier molecular flexibility index (Phi) is 2.54. The van der Waals surface area contributed by atoms with Crippen LogP contribution in [0.15, 0.2) is 24.5 Å². The topological polar surface area (TPSA) is 37.8 Å². The molecule has 0 spiro atoms. The lowest BCUT2D eigenvalue weighted by molar-refractivity contribution is 0.591. The van der Waals surface area contributed by atoms with Crippen LogP contribution in [-0.2, 0) is 5.41 Å². The van der Waals surface area contributed by atoms with Gasteiger partial charge in [-0.1, -0.05) is 26.8 Å². The first-order valence-corrected chi connectivity index (χ1v) is 5.45. The van der Waals surface area contributed by atoms with Gasteiger partial charge in [-0.05, 0) is 23.1 Å².